The van der Waals surface area contributed by atoms with Crippen LogP contribution in [0.5, 0.6) is 0 Å². The first-order chi connectivity index (χ1) is 15.7. The van der Waals surface area contributed by atoms with Crippen molar-refractivity contribution in [1.29, 1.82) is 0 Å². The molecule has 0 radical (unpaired) electrons. The minimum atomic E-state index is -0.329. The lowest BCUT2D eigenvalue weighted by Gasteiger charge is -2.36. The average molecular weight is 581 g/mol. The van der Waals surface area contributed by atoms with Gasteiger partial charge < -0.3 is 4.74 Å². The molecule has 1 saturated heterocycles. The number of fused-ring (bicyclic) bond motifs is 5. The summed E-state index contributed by atoms with van der Waals surface area (Å²) in [5.74, 6) is 0.760. The lowest BCUT2D eigenvalue weighted by atomic mass is 9.75. The molecule has 0 spiro atoms. The van der Waals surface area contributed by atoms with Crippen LogP contribution in [0.1, 0.15) is 56.8 Å². The van der Waals surface area contributed by atoms with Crippen LogP contribution in [-0.2, 0) is 14.3 Å². The minimum absolute atomic E-state index is 0.0630. The van der Waals surface area contributed by atoms with Crippen LogP contribution in [0.4, 0.5) is 5.69 Å². The second-order valence-corrected chi connectivity index (χ2v) is 12.9. The van der Waals surface area contributed by atoms with Gasteiger partial charge in [-0.3, -0.25) is 14.5 Å². The zero-order valence-electron chi connectivity index (χ0n) is 19.2. The Morgan fingerprint density at radius 1 is 0.970 bits per heavy atom. The standard InChI is InChI=1S/C26H31Br2NO4/c1-12(2)16-9-4-13(3)10-19(16)33-26(32)14-5-7-15(8-6-14)29-24(30)20-17-11-18(21(20)25(29)31)23(28)22(17)27/h5-8,12-13,16-23H,4,9-11H2,1-3H3/t13-,16-,17-,18+,19-,20+,21-,22+,23-/m1/s1. The number of anilines is 1. The third-order valence-electron chi connectivity index (χ3n) is 8.57. The van der Waals surface area contributed by atoms with Gasteiger partial charge in [0, 0.05) is 9.65 Å². The number of esters is 1. The number of hydrogen-bond donors (Lipinski definition) is 0. The maximum Gasteiger partial charge on any atom is 0.338 e. The molecule has 1 heterocycles. The Hall–Kier alpha value is -1.21. The summed E-state index contributed by atoms with van der Waals surface area (Å²) in [6.45, 7) is 6.60. The van der Waals surface area contributed by atoms with Crippen molar-refractivity contribution in [3.05, 3.63) is 29.8 Å². The molecular formula is C26H31Br2NO4. The van der Waals surface area contributed by atoms with Gasteiger partial charge in [-0.05, 0) is 73.1 Å². The van der Waals surface area contributed by atoms with Gasteiger partial charge >= 0.3 is 5.97 Å². The third kappa shape index (κ3) is 3.81. The van der Waals surface area contributed by atoms with Gasteiger partial charge in [0.05, 0.1) is 23.1 Å². The molecule has 5 nitrogen and oxygen atoms in total. The predicted octanol–water partition coefficient (Wildman–Crippen LogP) is 5.59. The molecule has 4 fully saturated rings. The van der Waals surface area contributed by atoms with Gasteiger partial charge in [-0.2, -0.15) is 0 Å². The number of carbonyl (C=O) groups excluding carboxylic acids is 3. The van der Waals surface area contributed by atoms with Crippen molar-refractivity contribution in [3.8, 4) is 0 Å². The van der Waals surface area contributed by atoms with Gasteiger partial charge in [0.15, 0.2) is 0 Å². The number of alkyl halides is 2. The Kier molecular flexibility index (Phi) is 6.26. The molecule has 1 aromatic rings. The first kappa shape index (κ1) is 23.5. The number of carbonyl (C=O) groups is 3. The van der Waals surface area contributed by atoms with Crippen molar-refractivity contribution >= 4 is 55.3 Å². The van der Waals surface area contributed by atoms with E-state index in [1.165, 1.54) is 11.3 Å². The fourth-order valence-electron chi connectivity index (χ4n) is 6.81. The Balaban J connectivity index is 1.30. The summed E-state index contributed by atoms with van der Waals surface area (Å²) in [5.41, 5.74) is 0.999. The van der Waals surface area contributed by atoms with Gasteiger partial charge in [-0.1, -0.05) is 59.1 Å². The topological polar surface area (TPSA) is 63.7 Å². The molecule has 33 heavy (non-hydrogen) atoms. The molecule has 9 atom stereocenters. The van der Waals surface area contributed by atoms with E-state index in [1.807, 2.05) is 0 Å². The fraction of sp³-hybridized carbons (Fsp3) is 0.654. The molecule has 0 unspecified atom stereocenters. The van der Waals surface area contributed by atoms with Crippen molar-refractivity contribution in [2.75, 3.05) is 4.90 Å². The van der Waals surface area contributed by atoms with Crippen LogP contribution in [0, 0.1) is 41.4 Å². The number of nitrogens with zero attached hydrogens (tertiary/aromatic N) is 1. The van der Waals surface area contributed by atoms with Crippen molar-refractivity contribution in [1.82, 2.24) is 0 Å². The number of halogens is 2. The van der Waals surface area contributed by atoms with Crippen LogP contribution in [-0.4, -0.2) is 33.5 Å². The van der Waals surface area contributed by atoms with Gasteiger partial charge in [-0.25, -0.2) is 4.79 Å². The normalized spacial score (nSPS) is 39.9. The van der Waals surface area contributed by atoms with Crippen LogP contribution in [0.3, 0.4) is 0 Å². The maximum atomic E-state index is 13.2. The number of amides is 2. The maximum absolute atomic E-state index is 13.2. The van der Waals surface area contributed by atoms with E-state index >= 15 is 0 Å². The van der Waals surface area contributed by atoms with Gasteiger partial charge in [-0.15, -0.1) is 0 Å². The van der Waals surface area contributed by atoms with Gasteiger partial charge in [0.1, 0.15) is 6.10 Å². The minimum Gasteiger partial charge on any atom is -0.458 e. The van der Waals surface area contributed by atoms with Crippen LogP contribution in [0.25, 0.3) is 0 Å². The zero-order valence-corrected chi connectivity index (χ0v) is 22.4. The van der Waals surface area contributed by atoms with Crippen molar-refractivity contribution in [2.45, 2.75) is 62.2 Å². The lowest BCUT2D eigenvalue weighted by molar-refractivity contribution is -0.123. The number of hydrogen-bond acceptors (Lipinski definition) is 4. The molecule has 178 valence electrons. The molecule has 2 bridgehead atoms. The van der Waals surface area contributed by atoms with E-state index in [-0.39, 0.29) is 57.2 Å². The second-order valence-electron chi connectivity index (χ2n) is 10.8. The molecule has 1 aromatic carbocycles. The molecule has 7 heteroatoms. The molecule has 5 rings (SSSR count). The number of imide groups is 1. The Morgan fingerprint density at radius 3 is 2.09 bits per heavy atom. The summed E-state index contributed by atoms with van der Waals surface area (Å²) in [6, 6.07) is 6.77. The molecule has 1 aliphatic heterocycles. The monoisotopic (exact) mass is 579 g/mol. The van der Waals surface area contributed by atoms with Crippen LogP contribution in [0.15, 0.2) is 24.3 Å². The molecule has 3 saturated carbocycles. The number of ether oxygens (including phenoxy) is 1. The van der Waals surface area contributed by atoms with E-state index in [9.17, 15) is 14.4 Å². The van der Waals surface area contributed by atoms with Crippen LogP contribution >= 0.6 is 31.9 Å². The van der Waals surface area contributed by atoms with E-state index in [2.05, 4.69) is 52.6 Å². The quantitative estimate of drug-likeness (QED) is 0.265. The molecule has 0 N–H and O–H groups in total. The third-order valence-corrected chi connectivity index (χ3v) is 11.8. The molecular weight excluding hydrogens is 550 g/mol. The summed E-state index contributed by atoms with van der Waals surface area (Å²) < 4.78 is 5.95. The lowest BCUT2D eigenvalue weighted by Crippen LogP contribution is -2.37. The number of benzene rings is 1. The van der Waals surface area contributed by atoms with Crippen molar-refractivity contribution in [2.24, 2.45) is 41.4 Å². The summed E-state index contributed by atoms with van der Waals surface area (Å²) in [7, 11) is 0. The molecule has 4 aliphatic rings. The average Bonchev–Trinajstić information content (AvgIpc) is 3.38. The molecule has 0 aromatic heterocycles. The number of rotatable bonds is 4. The van der Waals surface area contributed by atoms with Gasteiger partial charge in [0.25, 0.3) is 0 Å². The molecule has 2 amide bonds. The van der Waals surface area contributed by atoms with Crippen LogP contribution < -0.4 is 4.90 Å². The highest BCUT2D eigenvalue weighted by atomic mass is 79.9. The second kappa shape index (κ2) is 8.78. The summed E-state index contributed by atoms with van der Waals surface area (Å²) in [6.07, 6.45) is 4.02. The first-order valence-electron chi connectivity index (χ1n) is 12.2. The molecule has 3 aliphatic carbocycles. The van der Waals surface area contributed by atoms with E-state index in [0.717, 1.165) is 19.3 Å². The van der Waals surface area contributed by atoms with E-state index in [0.29, 0.717) is 29.0 Å². The van der Waals surface area contributed by atoms with E-state index < -0.39 is 0 Å². The van der Waals surface area contributed by atoms with Crippen LogP contribution in [0.2, 0.25) is 0 Å². The summed E-state index contributed by atoms with van der Waals surface area (Å²) in [4.78, 5) is 41.1. The van der Waals surface area contributed by atoms with Crippen molar-refractivity contribution in [3.63, 3.8) is 0 Å². The SMILES string of the molecule is CC(C)[C@H]1CC[C@@H](C)C[C@H]1OC(=O)c1ccc(N2C(=O)[C@@H]3[C@@H]4C[C@@H]([C@H](Br)[C@@H]4Br)[C@@H]3C2=O)cc1. The Labute approximate surface area is 212 Å². The largest absolute Gasteiger partial charge is 0.458 e. The van der Waals surface area contributed by atoms with E-state index in [1.54, 1.807) is 24.3 Å². The highest BCUT2D eigenvalue weighted by molar-refractivity contribution is 9.12. The van der Waals surface area contributed by atoms with Gasteiger partial charge in [0.2, 0.25) is 11.8 Å². The summed E-state index contributed by atoms with van der Waals surface area (Å²) >= 11 is 7.45. The smallest absolute Gasteiger partial charge is 0.338 e. The highest BCUT2D eigenvalue weighted by Gasteiger charge is 2.66. The first-order valence-corrected chi connectivity index (χ1v) is 14.0. The highest BCUT2D eigenvalue weighted by Crippen LogP contribution is 2.60. The fourth-order valence-corrected chi connectivity index (χ4v) is 8.68. The summed E-state index contributed by atoms with van der Waals surface area (Å²) in [5, 5.41) is 0. The Morgan fingerprint density at radius 2 is 1.55 bits per heavy atom. The Bertz CT molecular complexity index is 932. The van der Waals surface area contributed by atoms with Crippen molar-refractivity contribution < 1.29 is 19.1 Å². The predicted molar refractivity (Wildman–Crippen MR) is 133 cm³/mol. The zero-order chi connectivity index (χ0) is 23.6. The van der Waals surface area contributed by atoms with E-state index in [4.69, 9.17) is 4.74 Å².